The van der Waals surface area contributed by atoms with E-state index in [1.54, 1.807) is 7.11 Å². The first-order valence-electron chi connectivity index (χ1n) is 6.25. The molecule has 0 saturated heterocycles. The van der Waals surface area contributed by atoms with Crippen molar-refractivity contribution in [1.82, 2.24) is 14.9 Å². The van der Waals surface area contributed by atoms with Crippen molar-refractivity contribution in [2.45, 2.75) is 26.8 Å². The van der Waals surface area contributed by atoms with Crippen molar-refractivity contribution < 1.29 is 4.74 Å². The van der Waals surface area contributed by atoms with Gasteiger partial charge >= 0.3 is 0 Å². The Kier molecular flexibility index (Phi) is 5.64. The summed E-state index contributed by atoms with van der Waals surface area (Å²) in [5.74, 6) is 1.50. The Hall–Kier alpha value is -1.56. The minimum absolute atomic E-state index is 0.257. The third kappa shape index (κ3) is 3.73. The van der Waals surface area contributed by atoms with E-state index in [2.05, 4.69) is 41.0 Å². The molecule has 1 rings (SSSR count). The second kappa shape index (κ2) is 7.00. The van der Waals surface area contributed by atoms with Crippen molar-refractivity contribution in [3.63, 3.8) is 0 Å². The van der Waals surface area contributed by atoms with E-state index in [4.69, 9.17) is 10.5 Å². The molecule has 0 spiro atoms. The van der Waals surface area contributed by atoms with Crippen molar-refractivity contribution in [1.29, 1.82) is 0 Å². The molecule has 0 saturated carbocycles. The lowest BCUT2D eigenvalue weighted by Crippen LogP contribution is -2.35. The quantitative estimate of drug-likeness (QED) is 0.760. The van der Waals surface area contributed by atoms with Crippen LogP contribution in [0.25, 0.3) is 0 Å². The van der Waals surface area contributed by atoms with E-state index in [1.165, 1.54) is 6.33 Å². The van der Waals surface area contributed by atoms with Crippen LogP contribution in [0.2, 0.25) is 0 Å². The molecule has 0 bridgehead atoms. The zero-order valence-corrected chi connectivity index (χ0v) is 11.6. The summed E-state index contributed by atoms with van der Waals surface area (Å²) < 4.78 is 5.21. The molecule has 3 N–H and O–H groups in total. The van der Waals surface area contributed by atoms with Crippen LogP contribution in [0.5, 0.6) is 5.75 Å². The predicted octanol–water partition coefficient (Wildman–Crippen LogP) is 1.21. The van der Waals surface area contributed by atoms with Crippen LogP contribution in [0.1, 0.15) is 20.8 Å². The summed E-state index contributed by atoms with van der Waals surface area (Å²) in [7, 11) is 1.56. The highest BCUT2D eigenvalue weighted by Gasteiger charge is 2.13. The number of hydrogen-bond donors (Lipinski definition) is 2. The van der Waals surface area contributed by atoms with Gasteiger partial charge in [0.15, 0.2) is 11.6 Å². The molecule has 1 aromatic rings. The van der Waals surface area contributed by atoms with Gasteiger partial charge < -0.3 is 20.7 Å². The lowest BCUT2D eigenvalue weighted by molar-refractivity contribution is 0.294. The normalized spacial score (nSPS) is 12.5. The van der Waals surface area contributed by atoms with E-state index >= 15 is 0 Å². The number of likely N-dealkylation sites (N-methyl/N-ethyl adjacent to an activating group) is 1. The Bertz CT molecular complexity index is 367. The SMILES string of the molecule is CCN(CC)CC(C)Nc1ncnc(N)c1OC. The van der Waals surface area contributed by atoms with Gasteiger partial charge in [-0.15, -0.1) is 0 Å². The number of ether oxygens (including phenoxy) is 1. The van der Waals surface area contributed by atoms with Crippen molar-refractivity contribution >= 4 is 11.6 Å². The Morgan fingerprint density at radius 3 is 2.61 bits per heavy atom. The highest BCUT2D eigenvalue weighted by atomic mass is 16.5. The van der Waals surface area contributed by atoms with Crippen LogP contribution in [0.4, 0.5) is 11.6 Å². The van der Waals surface area contributed by atoms with Gasteiger partial charge in [-0.3, -0.25) is 0 Å². The fraction of sp³-hybridized carbons (Fsp3) is 0.667. The molecule has 6 nitrogen and oxygen atoms in total. The molecule has 1 unspecified atom stereocenters. The van der Waals surface area contributed by atoms with Crippen LogP contribution in [-0.4, -0.2) is 47.7 Å². The fourth-order valence-electron chi connectivity index (χ4n) is 1.84. The van der Waals surface area contributed by atoms with Gasteiger partial charge in [0.2, 0.25) is 5.75 Å². The van der Waals surface area contributed by atoms with Gasteiger partial charge in [-0.1, -0.05) is 13.8 Å². The third-order valence-electron chi connectivity index (χ3n) is 2.85. The minimum atomic E-state index is 0.257. The van der Waals surface area contributed by atoms with Crippen molar-refractivity contribution in [2.75, 3.05) is 37.8 Å². The molecule has 0 amide bonds. The molecule has 0 aliphatic rings. The lowest BCUT2D eigenvalue weighted by Gasteiger charge is -2.24. The molecular weight excluding hydrogens is 230 g/mol. The maximum absolute atomic E-state index is 5.73. The van der Waals surface area contributed by atoms with Crippen LogP contribution < -0.4 is 15.8 Å². The smallest absolute Gasteiger partial charge is 0.203 e. The maximum Gasteiger partial charge on any atom is 0.203 e. The summed E-state index contributed by atoms with van der Waals surface area (Å²) in [5.41, 5.74) is 5.73. The first-order chi connectivity index (χ1) is 8.62. The maximum atomic E-state index is 5.73. The number of methoxy groups -OCH3 is 1. The number of rotatable bonds is 7. The molecule has 0 aromatic carbocycles. The Balaban J connectivity index is 2.69. The number of nitrogen functional groups attached to an aromatic ring is 1. The summed E-state index contributed by atoms with van der Waals surface area (Å²) in [6.45, 7) is 9.42. The summed E-state index contributed by atoms with van der Waals surface area (Å²) >= 11 is 0. The standard InChI is InChI=1S/C12H23N5O/c1-5-17(6-2)7-9(3)16-12-10(18-4)11(13)14-8-15-12/h8-9H,5-7H2,1-4H3,(H3,13,14,15,16). The van der Waals surface area contributed by atoms with E-state index in [9.17, 15) is 0 Å². The molecule has 0 aliphatic heterocycles. The number of nitrogens with one attached hydrogen (secondary N) is 1. The van der Waals surface area contributed by atoms with Crippen molar-refractivity contribution in [3.8, 4) is 5.75 Å². The second-order valence-corrected chi connectivity index (χ2v) is 4.17. The van der Waals surface area contributed by atoms with E-state index < -0.39 is 0 Å². The van der Waals surface area contributed by atoms with Gasteiger partial charge in [-0.05, 0) is 20.0 Å². The molecule has 1 aromatic heterocycles. The highest BCUT2D eigenvalue weighted by Crippen LogP contribution is 2.26. The van der Waals surface area contributed by atoms with Crippen molar-refractivity contribution in [2.24, 2.45) is 0 Å². The molecule has 1 heterocycles. The van der Waals surface area contributed by atoms with E-state index in [0.717, 1.165) is 19.6 Å². The average molecular weight is 253 g/mol. The summed E-state index contributed by atoms with van der Waals surface area (Å²) in [4.78, 5) is 10.4. The van der Waals surface area contributed by atoms with Gasteiger partial charge in [0.05, 0.1) is 7.11 Å². The zero-order chi connectivity index (χ0) is 13.5. The van der Waals surface area contributed by atoms with Gasteiger partial charge in [0.25, 0.3) is 0 Å². The molecule has 1 atom stereocenters. The lowest BCUT2D eigenvalue weighted by atomic mass is 10.3. The van der Waals surface area contributed by atoms with Crippen LogP contribution in [0, 0.1) is 0 Å². The number of anilines is 2. The van der Waals surface area contributed by atoms with Crippen LogP contribution in [0.15, 0.2) is 6.33 Å². The van der Waals surface area contributed by atoms with Crippen LogP contribution in [0.3, 0.4) is 0 Å². The van der Waals surface area contributed by atoms with E-state index in [-0.39, 0.29) is 6.04 Å². The molecule has 6 heteroatoms. The molecule has 0 fully saturated rings. The molecular formula is C12H23N5O. The predicted molar refractivity (Wildman–Crippen MR) is 73.9 cm³/mol. The van der Waals surface area contributed by atoms with Crippen molar-refractivity contribution in [3.05, 3.63) is 6.33 Å². The summed E-state index contributed by atoms with van der Waals surface area (Å²) in [6, 6.07) is 0.257. The highest BCUT2D eigenvalue weighted by molar-refractivity contribution is 5.61. The topological polar surface area (TPSA) is 76.3 Å². The second-order valence-electron chi connectivity index (χ2n) is 4.17. The van der Waals surface area contributed by atoms with Gasteiger partial charge in [-0.2, -0.15) is 0 Å². The van der Waals surface area contributed by atoms with Gasteiger partial charge in [0.1, 0.15) is 6.33 Å². The number of nitrogens with zero attached hydrogens (tertiary/aromatic N) is 3. The van der Waals surface area contributed by atoms with Crippen LogP contribution >= 0.6 is 0 Å². The Labute approximate surface area is 109 Å². The first kappa shape index (κ1) is 14.5. The molecule has 102 valence electrons. The van der Waals surface area contributed by atoms with Crippen LogP contribution in [-0.2, 0) is 0 Å². The van der Waals surface area contributed by atoms with Gasteiger partial charge in [0, 0.05) is 12.6 Å². The first-order valence-corrected chi connectivity index (χ1v) is 6.25. The number of nitrogens with two attached hydrogens (primary N) is 1. The minimum Gasteiger partial charge on any atom is -0.490 e. The molecule has 18 heavy (non-hydrogen) atoms. The zero-order valence-electron chi connectivity index (χ0n) is 11.6. The number of hydrogen-bond acceptors (Lipinski definition) is 6. The average Bonchev–Trinajstić information content (AvgIpc) is 2.36. The summed E-state index contributed by atoms with van der Waals surface area (Å²) in [6.07, 6.45) is 1.43. The van der Waals surface area contributed by atoms with E-state index in [1.807, 2.05) is 0 Å². The fourth-order valence-corrected chi connectivity index (χ4v) is 1.84. The summed E-state index contributed by atoms with van der Waals surface area (Å²) in [5, 5.41) is 3.30. The molecule has 0 aliphatic carbocycles. The van der Waals surface area contributed by atoms with E-state index in [0.29, 0.717) is 17.4 Å². The third-order valence-corrected chi connectivity index (χ3v) is 2.85. The Morgan fingerprint density at radius 1 is 1.39 bits per heavy atom. The van der Waals surface area contributed by atoms with Gasteiger partial charge in [-0.25, -0.2) is 9.97 Å². The monoisotopic (exact) mass is 253 g/mol. The number of aromatic nitrogens is 2. The largest absolute Gasteiger partial charge is 0.490 e. The Morgan fingerprint density at radius 2 is 2.06 bits per heavy atom. The molecule has 0 radical (unpaired) electrons.